The largest absolute Gasteiger partial charge is 0.459 e. The lowest BCUT2D eigenvalue weighted by atomic mass is 9.77. The first kappa shape index (κ1) is 16.6. The van der Waals surface area contributed by atoms with Crippen molar-refractivity contribution in [2.75, 3.05) is 11.9 Å². The zero-order valence-corrected chi connectivity index (χ0v) is 15.5. The first-order valence-electron chi connectivity index (χ1n) is 8.55. The van der Waals surface area contributed by atoms with Gasteiger partial charge in [0.1, 0.15) is 11.4 Å². The molecule has 26 heavy (non-hydrogen) atoms. The van der Waals surface area contributed by atoms with Gasteiger partial charge in [-0.2, -0.15) is 0 Å². The Morgan fingerprint density at radius 3 is 2.54 bits per heavy atom. The summed E-state index contributed by atoms with van der Waals surface area (Å²) < 4.78 is 6.46. The number of nitrogens with zero attached hydrogens (tertiary/aromatic N) is 3. The Morgan fingerprint density at radius 1 is 1.15 bits per heavy atom. The monoisotopic (exact) mass is 351 g/mol. The van der Waals surface area contributed by atoms with E-state index in [2.05, 4.69) is 49.7 Å². The molecule has 0 aliphatic carbocycles. The zero-order chi connectivity index (χ0) is 18.9. The van der Waals surface area contributed by atoms with E-state index in [4.69, 9.17) is 4.74 Å². The lowest BCUT2D eigenvalue weighted by molar-refractivity contribution is -0.384. The van der Waals surface area contributed by atoms with Crippen LogP contribution < -0.4 is 9.64 Å². The van der Waals surface area contributed by atoms with Crippen molar-refractivity contribution in [1.82, 2.24) is 0 Å². The normalized spacial score (nSPS) is 22.1. The molecule has 2 aromatic rings. The van der Waals surface area contributed by atoms with Gasteiger partial charge in [-0.25, -0.2) is 0 Å². The molecule has 1 spiro atoms. The van der Waals surface area contributed by atoms with Gasteiger partial charge in [-0.3, -0.25) is 15.1 Å². The number of aliphatic imine (C=N–C) groups is 1. The van der Waals surface area contributed by atoms with Crippen LogP contribution in [0.15, 0.2) is 35.3 Å². The topological polar surface area (TPSA) is 68.0 Å². The van der Waals surface area contributed by atoms with Crippen molar-refractivity contribution in [3.63, 3.8) is 0 Å². The van der Waals surface area contributed by atoms with Gasteiger partial charge in [-0.15, -0.1) is 0 Å². The van der Waals surface area contributed by atoms with Crippen LogP contribution >= 0.6 is 0 Å². The maximum Gasteiger partial charge on any atom is 0.271 e. The number of hydrogen-bond donors (Lipinski definition) is 0. The van der Waals surface area contributed by atoms with E-state index in [0.29, 0.717) is 11.4 Å². The van der Waals surface area contributed by atoms with Gasteiger partial charge in [0, 0.05) is 24.9 Å². The van der Waals surface area contributed by atoms with Crippen LogP contribution in [0.2, 0.25) is 0 Å². The van der Waals surface area contributed by atoms with Gasteiger partial charge in [-0.05, 0) is 56.5 Å². The minimum absolute atomic E-state index is 0.00835. The number of rotatable bonds is 1. The number of benzene rings is 2. The highest BCUT2D eigenvalue weighted by molar-refractivity contribution is 5.88. The van der Waals surface area contributed by atoms with E-state index in [1.54, 1.807) is 12.3 Å². The molecular weight excluding hydrogens is 330 g/mol. The van der Waals surface area contributed by atoms with Gasteiger partial charge in [0.15, 0.2) is 0 Å². The predicted octanol–water partition coefficient (Wildman–Crippen LogP) is 4.43. The van der Waals surface area contributed by atoms with Crippen LogP contribution in [0, 0.1) is 24.0 Å². The van der Waals surface area contributed by atoms with Gasteiger partial charge in [0.2, 0.25) is 5.72 Å². The molecule has 134 valence electrons. The number of likely N-dealkylation sites (N-methyl/N-ethyl adjacent to an activating group) is 1. The van der Waals surface area contributed by atoms with E-state index < -0.39 is 10.6 Å². The first-order chi connectivity index (χ1) is 12.2. The standard InChI is InChI=1S/C20H21N3O3/c1-12-8-15-17(9-13(12)2)22(5)20(19(15,3)4)11-21-16-10-14(23(24)25)6-7-18(16)26-20/h6-11H,1-5H3. The van der Waals surface area contributed by atoms with Crippen LogP contribution in [0.1, 0.15) is 30.5 Å². The Labute approximate surface area is 152 Å². The van der Waals surface area contributed by atoms with Gasteiger partial charge in [-0.1, -0.05) is 6.07 Å². The average molecular weight is 351 g/mol. The highest BCUT2D eigenvalue weighted by atomic mass is 16.6. The van der Waals surface area contributed by atoms with Crippen LogP contribution in [0.4, 0.5) is 17.1 Å². The van der Waals surface area contributed by atoms with Crippen LogP contribution in [0.5, 0.6) is 5.75 Å². The van der Waals surface area contributed by atoms with E-state index in [0.717, 1.165) is 5.69 Å². The second-order valence-corrected chi connectivity index (χ2v) is 7.60. The van der Waals surface area contributed by atoms with Crippen LogP contribution in [0.25, 0.3) is 0 Å². The number of non-ortho nitro benzene ring substituents is 1. The van der Waals surface area contributed by atoms with Gasteiger partial charge < -0.3 is 9.64 Å². The summed E-state index contributed by atoms with van der Waals surface area (Å²) in [6, 6.07) is 8.94. The van der Waals surface area contributed by atoms with Gasteiger partial charge >= 0.3 is 0 Å². The summed E-state index contributed by atoms with van der Waals surface area (Å²) >= 11 is 0. The van der Waals surface area contributed by atoms with E-state index in [9.17, 15) is 10.1 Å². The molecule has 2 aliphatic heterocycles. The summed E-state index contributed by atoms with van der Waals surface area (Å²) in [5, 5.41) is 11.0. The van der Waals surface area contributed by atoms with E-state index in [1.165, 1.54) is 28.8 Å². The molecule has 0 aromatic heterocycles. The molecule has 2 aromatic carbocycles. The molecule has 2 heterocycles. The lowest BCUT2D eigenvalue weighted by Gasteiger charge is -2.44. The van der Waals surface area contributed by atoms with Crippen molar-refractivity contribution in [3.8, 4) is 5.75 Å². The third-order valence-corrected chi connectivity index (χ3v) is 5.84. The number of nitro groups is 1. The molecule has 0 saturated carbocycles. The molecule has 0 N–H and O–H groups in total. The Kier molecular flexibility index (Phi) is 3.23. The molecule has 6 nitrogen and oxygen atoms in total. The highest BCUT2D eigenvalue weighted by Gasteiger charge is 2.58. The molecule has 0 saturated heterocycles. The number of anilines is 1. The maximum absolute atomic E-state index is 11.0. The molecule has 0 radical (unpaired) electrons. The molecule has 1 atom stereocenters. The minimum atomic E-state index is -0.779. The fraction of sp³-hybridized carbons (Fsp3) is 0.350. The number of nitro benzene ring substituents is 1. The van der Waals surface area contributed by atoms with Crippen molar-refractivity contribution < 1.29 is 9.66 Å². The lowest BCUT2D eigenvalue weighted by Crippen LogP contribution is -2.61. The highest BCUT2D eigenvalue weighted by Crippen LogP contribution is 2.54. The second kappa shape index (κ2) is 5.06. The zero-order valence-electron chi connectivity index (χ0n) is 15.5. The molecule has 2 aliphatic rings. The van der Waals surface area contributed by atoms with Crippen LogP contribution in [-0.2, 0) is 5.41 Å². The Hall–Kier alpha value is -2.89. The van der Waals surface area contributed by atoms with E-state index in [-0.39, 0.29) is 11.1 Å². The van der Waals surface area contributed by atoms with Gasteiger partial charge in [0.25, 0.3) is 5.69 Å². The Balaban J connectivity index is 1.86. The quantitative estimate of drug-likeness (QED) is 0.563. The Morgan fingerprint density at radius 2 is 1.85 bits per heavy atom. The van der Waals surface area contributed by atoms with Crippen molar-refractivity contribution >= 4 is 23.3 Å². The molecule has 0 fully saturated rings. The molecular formula is C20H21N3O3. The van der Waals surface area contributed by atoms with Crippen molar-refractivity contribution in [2.24, 2.45) is 4.99 Å². The predicted molar refractivity (Wildman–Crippen MR) is 102 cm³/mol. The summed E-state index contributed by atoms with van der Waals surface area (Å²) in [4.78, 5) is 17.2. The van der Waals surface area contributed by atoms with Crippen molar-refractivity contribution in [1.29, 1.82) is 0 Å². The average Bonchev–Trinajstić information content (AvgIpc) is 2.74. The third kappa shape index (κ3) is 1.95. The molecule has 4 rings (SSSR count). The van der Waals surface area contributed by atoms with Crippen LogP contribution in [-0.4, -0.2) is 23.9 Å². The summed E-state index contributed by atoms with van der Waals surface area (Å²) in [5.41, 5.74) is 4.16. The number of aryl methyl sites for hydroxylation is 2. The van der Waals surface area contributed by atoms with Crippen molar-refractivity contribution in [2.45, 2.75) is 38.8 Å². The van der Waals surface area contributed by atoms with E-state index >= 15 is 0 Å². The number of ether oxygens (including phenoxy) is 1. The van der Waals surface area contributed by atoms with Crippen LogP contribution in [0.3, 0.4) is 0 Å². The summed E-state index contributed by atoms with van der Waals surface area (Å²) in [5.74, 6) is 0.555. The molecule has 1 unspecified atom stereocenters. The smallest absolute Gasteiger partial charge is 0.271 e. The van der Waals surface area contributed by atoms with Gasteiger partial charge in [0.05, 0.1) is 16.6 Å². The Bertz CT molecular complexity index is 981. The fourth-order valence-electron chi connectivity index (χ4n) is 3.97. The summed E-state index contributed by atoms with van der Waals surface area (Å²) in [6.45, 7) is 8.51. The molecule has 6 heteroatoms. The van der Waals surface area contributed by atoms with Crippen molar-refractivity contribution in [3.05, 3.63) is 57.1 Å². The fourth-order valence-corrected chi connectivity index (χ4v) is 3.97. The first-order valence-corrected chi connectivity index (χ1v) is 8.55. The molecule has 0 bridgehead atoms. The molecule has 0 amide bonds. The maximum atomic E-state index is 11.0. The summed E-state index contributed by atoms with van der Waals surface area (Å²) in [6.07, 6.45) is 1.78. The summed E-state index contributed by atoms with van der Waals surface area (Å²) in [7, 11) is 2.00. The minimum Gasteiger partial charge on any atom is -0.459 e. The second-order valence-electron chi connectivity index (χ2n) is 7.60. The number of hydrogen-bond acceptors (Lipinski definition) is 5. The SMILES string of the molecule is Cc1cc2c(cc1C)C(C)(C)C1(C=Nc3cc([N+](=O)[O-])ccc3O1)N2C. The number of fused-ring (bicyclic) bond motifs is 2. The van der Waals surface area contributed by atoms with E-state index in [1.807, 2.05) is 7.05 Å². The third-order valence-electron chi connectivity index (χ3n) is 5.84.